The van der Waals surface area contributed by atoms with Crippen LogP contribution in [0.1, 0.15) is 5.69 Å². The number of aryl methyl sites for hydroxylation is 1. The number of nitrogens with one attached hydrogen (secondary N) is 1. The number of nitrogen functional groups attached to an aromatic ring is 1. The molecule has 2 aliphatic rings. The maximum atomic E-state index is 12.9. The fourth-order valence-corrected chi connectivity index (χ4v) is 6.07. The minimum Gasteiger partial charge on any atom is -0.477 e. The normalized spacial score (nSPS) is 19.8. The first-order chi connectivity index (χ1) is 15.8. The summed E-state index contributed by atoms with van der Waals surface area (Å²) in [4.78, 5) is 47.6. The van der Waals surface area contributed by atoms with Crippen LogP contribution in [0.4, 0.5) is 5.13 Å². The molecule has 2 aliphatic heterocycles. The molecule has 0 bridgehead atoms. The summed E-state index contributed by atoms with van der Waals surface area (Å²) in [7, 11) is 2.95. The first kappa shape index (κ1) is 25.7. The summed E-state index contributed by atoms with van der Waals surface area (Å²) in [5.74, 6) is -1.77. The monoisotopic (exact) mass is 547 g/mol. The number of carboxylic acids is 1. The first-order valence-electron chi connectivity index (χ1n) is 9.20. The molecular weight excluding hydrogens is 530 g/mol. The lowest BCUT2D eigenvalue weighted by atomic mass is 10.0. The van der Waals surface area contributed by atoms with Crippen LogP contribution in [0, 0.1) is 0 Å². The number of carboxylic acid groups (broad SMARTS) is 1. The Labute approximate surface area is 210 Å². The summed E-state index contributed by atoms with van der Waals surface area (Å²) in [5.41, 5.74) is 6.17. The maximum Gasteiger partial charge on any atom is 0.352 e. The average molecular weight is 548 g/mol. The quantitative estimate of drug-likeness (QED) is 0.167. The van der Waals surface area contributed by atoms with Crippen molar-refractivity contribution in [1.82, 2.24) is 35.4 Å². The highest BCUT2D eigenvalue weighted by molar-refractivity contribution is 8.01. The summed E-state index contributed by atoms with van der Waals surface area (Å²) < 4.78 is 1.47. The predicted molar refractivity (Wildman–Crippen MR) is 127 cm³/mol. The van der Waals surface area contributed by atoms with Gasteiger partial charge in [-0.3, -0.25) is 14.5 Å². The molecule has 2 atom stereocenters. The Morgan fingerprint density at radius 2 is 2.24 bits per heavy atom. The molecule has 182 valence electrons. The number of rotatable bonds is 8. The average Bonchev–Trinajstić information content (AvgIpc) is 3.40. The molecule has 34 heavy (non-hydrogen) atoms. The van der Waals surface area contributed by atoms with Crippen molar-refractivity contribution in [3.8, 4) is 0 Å². The highest BCUT2D eigenvalue weighted by atomic mass is 35.5. The second kappa shape index (κ2) is 10.6. The molecule has 4 heterocycles. The largest absolute Gasteiger partial charge is 0.477 e. The second-order valence-corrected chi connectivity index (χ2v) is 9.62. The molecule has 4 rings (SSSR count). The molecule has 1 saturated heterocycles. The second-order valence-electron chi connectivity index (χ2n) is 6.69. The van der Waals surface area contributed by atoms with Crippen molar-refractivity contribution in [2.45, 2.75) is 16.6 Å². The molecule has 1 fully saturated rings. The number of halogens is 1. The van der Waals surface area contributed by atoms with Crippen LogP contribution in [0.15, 0.2) is 27.0 Å². The van der Waals surface area contributed by atoms with E-state index in [1.165, 1.54) is 40.2 Å². The van der Waals surface area contributed by atoms with Gasteiger partial charge in [-0.15, -0.1) is 40.6 Å². The third-order valence-corrected chi connectivity index (χ3v) is 7.77. The van der Waals surface area contributed by atoms with Gasteiger partial charge in [0.05, 0.1) is 0 Å². The van der Waals surface area contributed by atoms with E-state index >= 15 is 0 Å². The molecule has 2 amide bonds. The zero-order chi connectivity index (χ0) is 23.7. The molecule has 18 heteroatoms. The van der Waals surface area contributed by atoms with Crippen molar-refractivity contribution in [2.24, 2.45) is 12.2 Å². The number of carbonyl (C=O) groups is 3. The van der Waals surface area contributed by atoms with E-state index in [0.717, 1.165) is 11.3 Å². The van der Waals surface area contributed by atoms with Crippen LogP contribution in [0.2, 0.25) is 0 Å². The summed E-state index contributed by atoms with van der Waals surface area (Å²) in [6.45, 7) is 0. The van der Waals surface area contributed by atoms with E-state index in [0.29, 0.717) is 22.2 Å². The number of thioether (sulfide) groups is 2. The number of aromatic nitrogens is 5. The van der Waals surface area contributed by atoms with Crippen molar-refractivity contribution < 1.29 is 24.3 Å². The number of hydrogen-bond acceptors (Lipinski definition) is 13. The van der Waals surface area contributed by atoms with Gasteiger partial charge in [0.15, 0.2) is 10.8 Å². The van der Waals surface area contributed by atoms with E-state index < -0.39 is 29.2 Å². The number of nitrogens with two attached hydrogens (primary N) is 1. The standard InChI is InChI=1S/C16H17N9O5S3.ClH/c1-24-16(20-22-23-24)33-4-6-3-31-13-9(12(27)25(13)10(6)14(28)29)19-11(26)8(21-30-2)7-5-32-15(17)18-7;/h5,9,13H,3-4H2,1-2H3,(H2,17,18)(H,19,26)(H,28,29);1H/b21-8-;. The van der Waals surface area contributed by atoms with E-state index in [4.69, 9.17) is 10.6 Å². The lowest BCUT2D eigenvalue weighted by Crippen LogP contribution is -2.71. The number of carbonyl (C=O) groups excluding carboxylic acids is 2. The molecule has 4 N–H and O–H groups in total. The van der Waals surface area contributed by atoms with Gasteiger partial charge in [0.2, 0.25) is 5.16 Å². The highest BCUT2D eigenvalue weighted by Crippen LogP contribution is 2.41. The number of tetrazole rings is 1. The minimum absolute atomic E-state index is 0. The molecule has 2 unspecified atom stereocenters. The third kappa shape index (κ3) is 4.82. The number of hydrogen-bond donors (Lipinski definition) is 3. The number of fused-ring (bicyclic) bond motifs is 1. The van der Waals surface area contributed by atoms with Gasteiger partial charge in [-0.2, -0.15) is 0 Å². The smallest absolute Gasteiger partial charge is 0.352 e. The van der Waals surface area contributed by atoms with Crippen LogP contribution >= 0.6 is 47.3 Å². The van der Waals surface area contributed by atoms with Crippen LogP contribution in [-0.4, -0.2) is 88.7 Å². The lowest BCUT2D eigenvalue weighted by Gasteiger charge is -2.49. The fourth-order valence-electron chi connectivity index (χ4n) is 3.19. The predicted octanol–water partition coefficient (Wildman–Crippen LogP) is -0.448. The Balaban J connectivity index is 0.00000324. The van der Waals surface area contributed by atoms with Crippen LogP contribution in [0.25, 0.3) is 0 Å². The number of anilines is 1. The number of thiazole rings is 1. The Morgan fingerprint density at radius 1 is 1.47 bits per heavy atom. The van der Waals surface area contributed by atoms with E-state index in [1.54, 1.807) is 12.4 Å². The SMILES string of the molecule is CO/N=C(\C(=O)NC1C(=O)N2C(C(=O)O)=C(CSc3nnnn3C)CSC12)c1csc(N)n1.Cl. The van der Waals surface area contributed by atoms with Gasteiger partial charge in [-0.1, -0.05) is 16.9 Å². The lowest BCUT2D eigenvalue weighted by molar-refractivity contribution is -0.150. The van der Waals surface area contributed by atoms with Crippen molar-refractivity contribution in [3.05, 3.63) is 22.3 Å². The van der Waals surface area contributed by atoms with E-state index in [1.807, 2.05) is 0 Å². The Hall–Kier alpha value is -2.89. The number of nitrogens with zero attached hydrogens (tertiary/aromatic N) is 7. The van der Waals surface area contributed by atoms with Crippen LogP contribution in [0.3, 0.4) is 0 Å². The van der Waals surface area contributed by atoms with E-state index in [9.17, 15) is 19.5 Å². The van der Waals surface area contributed by atoms with Crippen LogP contribution < -0.4 is 11.1 Å². The number of β-lactam (4-membered cyclic amide) rings is 1. The number of aliphatic carboxylic acids is 1. The number of amides is 2. The van der Waals surface area contributed by atoms with Gasteiger partial charge in [-0.05, 0) is 16.0 Å². The molecule has 2 aromatic heterocycles. The molecule has 0 aromatic carbocycles. The molecule has 0 spiro atoms. The molecule has 14 nitrogen and oxygen atoms in total. The van der Waals surface area contributed by atoms with Gasteiger partial charge in [0.25, 0.3) is 11.8 Å². The topological polar surface area (TPSA) is 191 Å². The Kier molecular flexibility index (Phi) is 8.01. The molecule has 0 saturated carbocycles. The summed E-state index contributed by atoms with van der Waals surface area (Å²) in [6.07, 6.45) is 0. The zero-order valence-electron chi connectivity index (χ0n) is 17.6. The summed E-state index contributed by atoms with van der Waals surface area (Å²) in [6, 6.07) is -0.924. The molecular formula is C16H18ClN9O5S3. The minimum atomic E-state index is -1.22. The van der Waals surface area contributed by atoms with Crippen molar-refractivity contribution in [2.75, 3.05) is 24.3 Å². The molecule has 2 aromatic rings. The van der Waals surface area contributed by atoms with Crippen molar-refractivity contribution in [1.29, 1.82) is 0 Å². The highest BCUT2D eigenvalue weighted by Gasteiger charge is 2.54. The molecule has 0 radical (unpaired) electrons. The molecule has 0 aliphatic carbocycles. The Morgan fingerprint density at radius 3 is 2.82 bits per heavy atom. The fraction of sp³-hybridized carbons (Fsp3) is 0.375. The van der Waals surface area contributed by atoms with Crippen LogP contribution in [-0.2, 0) is 26.3 Å². The van der Waals surface area contributed by atoms with Gasteiger partial charge in [0.1, 0.15) is 29.9 Å². The summed E-state index contributed by atoms with van der Waals surface area (Å²) in [5, 5.41) is 29.0. The van der Waals surface area contributed by atoms with Crippen molar-refractivity contribution in [3.63, 3.8) is 0 Å². The van der Waals surface area contributed by atoms with Gasteiger partial charge >= 0.3 is 5.97 Å². The van der Waals surface area contributed by atoms with Gasteiger partial charge < -0.3 is 21.0 Å². The van der Waals surface area contributed by atoms with Crippen LogP contribution in [0.5, 0.6) is 0 Å². The number of oxime groups is 1. The third-order valence-electron chi connectivity index (χ3n) is 4.66. The first-order valence-corrected chi connectivity index (χ1v) is 12.1. The zero-order valence-corrected chi connectivity index (χ0v) is 20.8. The Bertz CT molecular complexity index is 1180. The van der Waals surface area contributed by atoms with Gasteiger partial charge in [-0.25, -0.2) is 14.5 Å². The maximum absolute atomic E-state index is 12.9. The van der Waals surface area contributed by atoms with Gasteiger partial charge in [0, 0.05) is 23.9 Å². The summed E-state index contributed by atoms with van der Waals surface area (Å²) >= 11 is 3.75. The van der Waals surface area contributed by atoms with E-state index in [2.05, 4.69) is 31.0 Å². The van der Waals surface area contributed by atoms with E-state index in [-0.39, 0.29) is 34.6 Å². The van der Waals surface area contributed by atoms with Crippen molar-refractivity contribution >= 4 is 75.9 Å².